The molecule has 2 heterocycles. The number of hydrogen-bond acceptors (Lipinski definition) is 5. The van der Waals surface area contributed by atoms with Gasteiger partial charge in [0.25, 0.3) is 0 Å². The molecule has 3 rings (SSSR count). The monoisotopic (exact) mass is 372 g/mol. The standard InChI is InChI=1S/C19H21FN4O3/c1-12(8-21)14-5-6-23(10-14)18-4-3-15(7-17(18)20)24-11-16(27-19(24)26)9-22-13(2)25/h3-4,7,16H,5-6,9-11H2,1-2H3,(H,22,25)/b14-12+/t16-/m0/s1. The van der Waals surface area contributed by atoms with Gasteiger partial charge in [0.1, 0.15) is 11.9 Å². The third-order valence-electron chi connectivity index (χ3n) is 4.80. The zero-order valence-corrected chi connectivity index (χ0v) is 15.3. The Morgan fingerprint density at radius 3 is 2.89 bits per heavy atom. The number of hydrogen-bond donors (Lipinski definition) is 1. The van der Waals surface area contributed by atoms with Crippen LogP contribution in [0.15, 0.2) is 29.3 Å². The molecule has 1 atom stereocenters. The second kappa shape index (κ2) is 7.66. The Balaban J connectivity index is 1.71. The Morgan fingerprint density at radius 1 is 1.44 bits per heavy atom. The Hall–Kier alpha value is -3.08. The van der Waals surface area contributed by atoms with Crippen molar-refractivity contribution in [3.63, 3.8) is 0 Å². The summed E-state index contributed by atoms with van der Waals surface area (Å²) in [6.45, 7) is 4.80. The van der Waals surface area contributed by atoms with Crippen molar-refractivity contribution >= 4 is 23.4 Å². The lowest BCUT2D eigenvalue weighted by Crippen LogP contribution is -2.33. The molecule has 1 aromatic carbocycles. The summed E-state index contributed by atoms with van der Waals surface area (Å²) in [6, 6.07) is 6.78. The number of nitrogens with zero attached hydrogens (tertiary/aromatic N) is 3. The third-order valence-corrected chi connectivity index (χ3v) is 4.80. The van der Waals surface area contributed by atoms with Gasteiger partial charge in [0.15, 0.2) is 0 Å². The number of halogens is 1. The van der Waals surface area contributed by atoms with E-state index in [0.29, 0.717) is 30.0 Å². The maximum Gasteiger partial charge on any atom is 0.414 e. The van der Waals surface area contributed by atoms with Crippen LogP contribution in [0.4, 0.5) is 20.6 Å². The van der Waals surface area contributed by atoms with Gasteiger partial charge in [0.05, 0.1) is 30.5 Å². The lowest BCUT2D eigenvalue weighted by atomic mass is 10.1. The van der Waals surface area contributed by atoms with Crippen molar-refractivity contribution in [2.24, 2.45) is 0 Å². The molecule has 2 saturated heterocycles. The van der Waals surface area contributed by atoms with E-state index in [1.807, 2.05) is 4.90 Å². The van der Waals surface area contributed by atoms with Crippen LogP contribution in [0.25, 0.3) is 0 Å². The molecule has 0 unspecified atom stereocenters. The first-order valence-corrected chi connectivity index (χ1v) is 8.75. The van der Waals surface area contributed by atoms with Crippen molar-refractivity contribution in [3.8, 4) is 6.07 Å². The molecule has 7 nitrogen and oxygen atoms in total. The molecule has 2 fully saturated rings. The molecule has 27 heavy (non-hydrogen) atoms. The highest BCUT2D eigenvalue weighted by atomic mass is 19.1. The van der Waals surface area contributed by atoms with E-state index in [4.69, 9.17) is 10.00 Å². The van der Waals surface area contributed by atoms with E-state index >= 15 is 0 Å². The highest BCUT2D eigenvalue weighted by molar-refractivity contribution is 5.90. The van der Waals surface area contributed by atoms with E-state index in [2.05, 4.69) is 11.4 Å². The van der Waals surface area contributed by atoms with Crippen LogP contribution in [-0.4, -0.2) is 44.3 Å². The molecule has 1 N–H and O–H groups in total. The number of nitriles is 1. The Kier molecular flexibility index (Phi) is 5.31. The summed E-state index contributed by atoms with van der Waals surface area (Å²) < 4.78 is 19.9. The zero-order chi connectivity index (χ0) is 19.6. The topological polar surface area (TPSA) is 85.7 Å². The van der Waals surface area contributed by atoms with Gasteiger partial charge in [-0.2, -0.15) is 5.26 Å². The molecule has 0 radical (unpaired) electrons. The minimum atomic E-state index is -0.562. The smallest absolute Gasteiger partial charge is 0.414 e. The fraction of sp³-hybridized carbons (Fsp3) is 0.421. The highest BCUT2D eigenvalue weighted by Crippen LogP contribution is 2.31. The molecule has 0 aromatic heterocycles. The number of benzene rings is 1. The van der Waals surface area contributed by atoms with Crippen molar-refractivity contribution in [1.29, 1.82) is 5.26 Å². The quantitative estimate of drug-likeness (QED) is 0.820. The number of amides is 2. The van der Waals surface area contributed by atoms with E-state index in [9.17, 15) is 14.0 Å². The minimum absolute atomic E-state index is 0.203. The summed E-state index contributed by atoms with van der Waals surface area (Å²) in [7, 11) is 0. The summed E-state index contributed by atoms with van der Waals surface area (Å²) in [5.41, 5.74) is 2.56. The van der Waals surface area contributed by atoms with Crippen molar-refractivity contribution in [1.82, 2.24) is 5.32 Å². The molecule has 8 heteroatoms. The van der Waals surface area contributed by atoms with Gasteiger partial charge >= 0.3 is 6.09 Å². The Bertz CT molecular complexity index is 846. The lowest BCUT2D eigenvalue weighted by molar-refractivity contribution is -0.119. The van der Waals surface area contributed by atoms with Crippen LogP contribution < -0.4 is 15.1 Å². The van der Waals surface area contributed by atoms with Gasteiger partial charge in [0, 0.05) is 25.6 Å². The normalized spacial score (nSPS) is 21.1. The summed E-state index contributed by atoms with van der Waals surface area (Å²) in [5, 5.41) is 11.6. The van der Waals surface area contributed by atoms with Gasteiger partial charge in [-0.05, 0) is 37.1 Å². The van der Waals surface area contributed by atoms with Crippen molar-refractivity contribution in [2.45, 2.75) is 26.4 Å². The number of carbonyl (C=O) groups is 2. The molecule has 2 aliphatic rings. The molecule has 0 bridgehead atoms. The molecule has 1 aromatic rings. The van der Waals surface area contributed by atoms with Crippen LogP contribution in [0, 0.1) is 17.1 Å². The highest BCUT2D eigenvalue weighted by Gasteiger charge is 2.33. The second-order valence-corrected chi connectivity index (χ2v) is 6.70. The van der Waals surface area contributed by atoms with Crippen molar-refractivity contribution in [2.75, 3.05) is 36.0 Å². The average Bonchev–Trinajstić information content (AvgIpc) is 3.26. The summed E-state index contributed by atoms with van der Waals surface area (Å²) in [5.74, 6) is -0.632. The first-order valence-electron chi connectivity index (χ1n) is 8.75. The van der Waals surface area contributed by atoms with E-state index in [1.54, 1.807) is 19.1 Å². The predicted molar refractivity (Wildman–Crippen MR) is 97.8 cm³/mol. The van der Waals surface area contributed by atoms with E-state index in [-0.39, 0.29) is 19.0 Å². The maximum absolute atomic E-state index is 14.7. The van der Waals surface area contributed by atoms with Crippen LogP contribution in [0.5, 0.6) is 0 Å². The molecule has 0 aliphatic carbocycles. The fourth-order valence-corrected chi connectivity index (χ4v) is 3.27. The summed E-state index contributed by atoms with van der Waals surface area (Å²) in [4.78, 5) is 26.3. The molecule has 142 valence electrons. The first-order chi connectivity index (χ1) is 12.9. The number of nitrogens with one attached hydrogen (secondary N) is 1. The molecule has 0 spiro atoms. The maximum atomic E-state index is 14.7. The largest absolute Gasteiger partial charge is 0.442 e. The minimum Gasteiger partial charge on any atom is -0.442 e. The third kappa shape index (κ3) is 4.03. The first kappa shape index (κ1) is 18.7. The van der Waals surface area contributed by atoms with Crippen molar-refractivity contribution in [3.05, 3.63) is 35.2 Å². The van der Waals surface area contributed by atoms with Gasteiger partial charge in [-0.15, -0.1) is 0 Å². The Morgan fingerprint density at radius 2 is 2.22 bits per heavy atom. The molecular formula is C19H21FN4O3. The fourth-order valence-electron chi connectivity index (χ4n) is 3.27. The summed E-state index contributed by atoms with van der Waals surface area (Å²) in [6.07, 6.45) is -0.290. The van der Waals surface area contributed by atoms with E-state index in [0.717, 1.165) is 12.0 Å². The second-order valence-electron chi connectivity index (χ2n) is 6.70. The number of ether oxygens (including phenoxy) is 1. The van der Waals surface area contributed by atoms with Crippen LogP contribution in [-0.2, 0) is 9.53 Å². The van der Waals surface area contributed by atoms with E-state index < -0.39 is 18.0 Å². The van der Waals surface area contributed by atoms with Gasteiger partial charge < -0.3 is 15.0 Å². The molecule has 0 saturated carbocycles. The van der Waals surface area contributed by atoms with Crippen LogP contribution in [0.3, 0.4) is 0 Å². The number of carbonyl (C=O) groups excluding carboxylic acids is 2. The summed E-state index contributed by atoms with van der Waals surface area (Å²) >= 11 is 0. The molecule has 2 aliphatic heterocycles. The molecular weight excluding hydrogens is 351 g/mol. The average molecular weight is 372 g/mol. The van der Waals surface area contributed by atoms with E-state index in [1.165, 1.54) is 17.9 Å². The Labute approximate surface area is 157 Å². The SMILES string of the molecule is CC(=O)NC[C@H]1CN(c2ccc(N3CC/C(=C(/C)C#N)C3)c(F)c2)C(=O)O1. The molecule has 2 amide bonds. The van der Waals surface area contributed by atoms with Gasteiger partial charge in [-0.25, -0.2) is 9.18 Å². The number of anilines is 2. The van der Waals surface area contributed by atoms with Crippen LogP contribution in [0.1, 0.15) is 20.3 Å². The number of cyclic esters (lactones) is 1. The number of allylic oxidation sites excluding steroid dienone is 1. The van der Waals surface area contributed by atoms with Crippen LogP contribution in [0.2, 0.25) is 0 Å². The van der Waals surface area contributed by atoms with Crippen molar-refractivity contribution < 1.29 is 18.7 Å². The van der Waals surface area contributed by atoms with Gasteiger partial charge in [-0.3, -0.25) is 9.69 Å². The predicted octanol–water partition coefficient (Wildman–Crippen LogP) is 2.34. The van der Waals surface area contributed by atoms with Crippen LogP contribution >= 0.6 is 0 Å². The number of rotatable bonds is 4. The lowest BCUT2D eigenvalue weighted by Gasteiger charge is -2.20. The zero-order valence-electron chi connectivity index (χ0n) is 15.3. The van der Waals surface area contributed by atoms with Gasteiger partial charge in [-0.1, -0.05) is 0 Å². The van der Waals surface area contributed by atoms with Gasteiger partial charge in [0.2, 0.25) is 5.91 Å².